The number of halogens is 2. The van der Waals surface area contributed by atoms with Crippen LogP contribution in [0.4, 0.5) is 10.8 Å². The lowest BCUT2D eigenvalue weighted by molar-refractivity contribution is -0.117. The van der Waals surface area contributed by atoms with E-state index >= 15 is 0 Å². The Morgan fingerprint density at radius 3 is 2.86 bits per heavy atom. The normalized spacial score (nSPS) is 16.4. The highest BCUT2D eigenvalue weighted by molar-refractivity contribution is 7.14. The maximum absolute atomic E-state index is 12.7. The van der Waals surface area contributed by atoms with Crippen LogP contribution in [0.3, 0.4) is 0 Å². The Morgan fingerprint density at radius 1 is 1.14 bits per heavy atom. The van der Waals surface area contributed by atoms with Crippen molar-refractivity contribution in [1.82, 2.24) is 15.1 Å². The number of amides is 2. The minimum absolute atomic E-state index is 0.0678. The van der Waals surface area contributed by atoms with Crippen molar-refractivity contribution in [3.63, 3.8) is 0 Å². The van der Waals surface area contributed by atoms with E-state index < -0.39 is 0 Å². The molecule has 4 aromatic rings. The Morgan fingerprint density at radius 2 is 2.00 bits per heavy atom. The highest BCUT2D eigenvalue weighted by Crippen LogP contribution is 2.38. The van der Waals surface area contributed by atoms with Gasteiger partial charge in [-0.25, -0.2) is 4.98 Å². The van der Waals surface area contributed by atoms with E-state index in [2.05, 4.69) is 20.4 Å². The van der Waals surface area contributed by atoms with E-state index in [1.54, 1.807) is 40.6 Å². The third-order valence-electron chi connectivity index (χ3n) is 5.90. The van der Waals surface area contributed by atoms with Crippen molar-refractivity contribution in [2.75, 3.05) is 23.6 Å². The van der Waals surface area contributed by atoms with Gasteiger partial charge in [0.05, 0.1) is 23.1 Å². The van der Waals surface area contributed by atoms with Gasteiger partial charge < -0.3 is 24.2 Å². The zero-order valence-electron chi connectivity index (χ0n) is 18.9. The molecule has 1 fully saturated rings. The van der Waals surface area contributed by atoms with Crippen LogP contribution in [0, 0.1) is 0 Å². The van der Waals surface area contributed by atoms with Gasteiger partial charge in [0.25, 0.3) is 0 Å². The van der Waals surface area contributed by atoms with Gasteiger partial charge in [-0.2, -0.15) is 4.98 Å². The van der Waals surface area contributed by atoms with E-state index in [9.17, 15) is 9.59 Å². The molecule has 2 amide bonds. The number of thiazole rings is 1. The van der Waals surface area contributed by atoms with E-state index in [1.807, 2.05) is 6.07 Å². The van der Waals surface area contributed by atoms with Crippen LogP contribution in [0.2, 0.25) is 10.0 Å². The lowest BCUT2D eigenvalue weighted by Crippen LogP contribution is -2.24. The fourth-order valence-corrected chi connectivity index (χ4v) is 5.37. The number of nitrogens with zero attached hydrogens (tertiary/aromatic N) is 4. The van der Waals surface area contributed by atoms with Gasteiger partial charge in [-0.3, -0.25) is 9.59 Å². The van der Waals surface area contributed by atoms with E-state index in [0.29, 0.717) is 56.1 Å². The van der Waals surface area contributed by atoms with Crippen molar-refractivity contribution < 1.29 is 23.6 Å². The first-order chi connectivity index (χ1) is 17.9. The highest BCUT2D eigenvalue weighted by atomic mass is 35.5. The summed E-state index contributed by atoms with van der Waals surface area (Å²) < 4.78 is 16.1. The van der Waals surface area contributed by atoms with Gasteiger partial charge in [-0.05, 0) is 30.3 Å². The predicted octanol–water partition coefficient (Wildman–Crippen LogP) is 4.93. The van der Waals surface area contributed by atoms with E-state index in [0.717, 1.165) is 0 Å². The number of carbonyl (C=O) groups is 2. The molecule has 2 aromatic heterocycles. The van der Waals surface area contributed by atoms with Gasteiger partial charge in [-0.1, -0.05) is 28.4 Å². The Hall–Kier alpha value is -3.67. The lowest BCUT2D eigenvalue weighted by Gasteiger charge is -2.16. The Labute approximate surface area is 224 Å². The fraction of sp³-hybridized carbons (Fsp3) is 0.208. The first kappa shape index (κ1) is 23.7. The van der Waals surface area contributed by atoms with Gasteiger partial charge in [-0.15, -0.1) is 11.3 Å². The maximum Gasteiger partial charge on any atom is 0.233 e. The molecule has 0 bridgehead atoms. The van der Waals surface area contributed by atoms with E-state index in [-0.39, 0.29) is 43.2 Å². The molecule has 0 saturated carbocycles. The summed E-state index contributed by atoms with van der Waals surface area (Å²) in [5.74, 6) is 1.08. The zero-order valence-corrected chi connectivity index (χ0v) is 21.3. The first-order valence-corrected chi connectivity index (χ1v) is 12.8. The Bertz CT molecular complexity index is 1520. The molecule has 2 aliphatic heterocycles. The number of nitrogens with one attached hydrogen (secondary N) is 1. The smallest absolute Gasteiger partial charge is 0.233 e. The minimum atomic E-state index is -0.347. The summed E-state index contributed by atoms with van der Waals surface area (Å²) >= 11 is 13.5. The molecule has 13 heteroatoms. The number of rotatable bonds is 6. The number of hydrogen-bond acceptors (Lipinski definition) is 9. The second-order valence-electron chi connectivity index (χ2n) is 8.38. The molecule has 2 aliphatic rings. The van der Waals surface area contributed by atoms with Crippen LogP contribution in [0.25, 0.3) is 11.3 Å². The minimum Gasteiger partial charge on any atom is -0.454 e. The monoisotopic (exact) mass is 557 g/mol. The van der Waals surface area contributed by atoms with Crippen molar-refractivity contribution in [1.29, 1.82) is 0 Å². The van der Waals surface area contributed by atoms with E-state index in [4.69, 9.17) is 37.2 Å². The lowest BCUT2D eigenvalue weighted by atomic mass is 10.1. The standard InChI is InChI=1S/C24H17Cl2N5O5S/c25-13-1-3-15(16(26)6-13)17-10-37-24(27-17)29-21(32)8-20-28-23(36-30-20)12-5-22(33)31(9-12)14-2-4-18-19(7-14)35-11-34-18/h1-4,6-7,10,12H,5,8-9,11H2,(H,27,29,32). The number of ether oxygens (including phenoxy) is 2. The Kier molecular flexibility index (Phi) is 6.19. The molecule has 0 spiro atoms. The number of aromatic nitrogens is 3. The first-order valence-electron chi connectivity index (χ1n) is 11.2. The van der Waals surface area contributed by atoms with Crippen molar-refractivity contribution in [3.8, 4) is 22.8 Å². The van der Waals surface area contributed by atoms with Gasteiger partial charge >= 0.3 is 0 Å². The molecule has 6 rings (SSSR count). The topological polar surface area (TPSA) is 120 Å². The molecule has 4 heterocycles. The number of hydrogen-bond donors (Lipinski definition) is 1. The molecule has 1 saturated heterocycles. The third kappa shape index (κ3) is 4.85. The van der Waals surface area contributed by atoms with Crippen LogP contribution in [-0.4, -0.2) is 40.3 Å². The second kappa shape index (κ2) is 9.66. The molecule has 188 valence electrons. The van der Waals surface area contributed by atoms with Gasteiger partial charge in [0.1, 0.15) is 0 Å². The average molecular weight is 558 g/mol. The van der Waals surface area contributed by atoms with Crippen LogP contribution in [0.5, 0.6) is 11.5 Å². The average Bonchev–Trinajstić information content (AvgIpc) is 3.65. The summed E-state index contributed by atoms with van der Waals surface area (Å²) in [6.07, 6.45) is 0.115. The summed E-state index contributed by atoms with van der Waals surface area (Å²) in [5.41, 5.74) is 2.05. The molecule has 1 unspecified atom stereocenters. The highest BCUT2D eigenvalue weighted by Gasteiger charge is 2.36. The maximum atomic E-state index is 12.7. The third-order valence-corrected chi connectivity index (χ3v) is 7.21. The van der Waals surface area contributed by atoms with Gasteiger partial charge in [0.15, 0.2) is 22.5 Å². The summed E-state index contributed by atoms with van der Waals surface area (Å²) in [6, 6.07) is 10.5. The second-order valence-corrected chi connectivity index (χ2v) is 10.1. The summed E-state index contributed by atoms with van der Waals surface area (Å²) in [5, 5.41) is 9.87. The van der Waals surface area contributed by atoms with Crippen LogP contribution in [0.1, 0.15) is 24.1 Å². The molecule has 37 heavy (non-hydrogen) atoms. The van der Waals surface area contributed by atoms with Crippen LogP contribution in [-0.2, 0) is 16.0 Å². The molecule has 10 nitrogen and oxygen atoms in total. The fourth-order valence-electron chi connectivity index (χ4n) is 4.14. The summed E-state index contributed by atoms with van der Waals surface area (Å²) in [6.45, 7) is 0.537. The molecular weight excluding hydrogens is 541 g/mol. The predicted molar refractivity (Wildman–Crippen MR) is 136 cm³/mol. The largest absolute Gasteiger partial charge is 0.454 e. The molecule has 0 aliphatic carbocycles. The van der Waals surface area contributed by atoms with Gasteiger partial charge in [0, 0.05) is 40.7 Å². The van der Waals surface area contributed by atoms with Gasteiger partial charge in [0.2, 0.25) is 24.5 Å². The Balaban J connectivity index is 1.08. The number of fused-ring (bicyclic) bond motifs is 1. The van der Waals surface area contributed by atoms with E-state index in [1.165, 1.54) is 11.3 Å². The molecule has 0 radical (unpaired) electrons. The SMILES string of the molecule is O=C(Cc1noc(C2CC(=O)N(c3ccc4c(c3)OCO4)C2)n1)Nc1nc(-c2ccc(Cl)cc2Cl)cs1. The quantitative estimate of drug-likeness (QED) is 0.354. The van der Waals surface area contributed by atoms with Crippen LogP contribution in [0.15, 0.2) is 46.3 Å². The van der Waals surface area contributed by atoms with Crippen molar-refractivity contribution >= 4 is 57.2 Å². The molecule has 1 N–H and O–H groups in total. The summed E-state index contributed by atoms with van der Waals surface area (Å²) in [4.78, 5) is 35.7. The number of anilines is 2. The number of benzene rings is 2. The van der Waals surface area contributed by atoms with Crippen LogP contribution >= 0.6 is 34.5 Å². The molecule has 1 atom stereocenters. The van der Waals surface area contributed by atoms with Crippen LogP contribution < -0.4 is 19.7 Å². The van der Waals surface area contributed by atoms with Crippen molar-refractivity contribution in [2.24, 2.45) is 0 Å². The number of carbonyl (C=O) groups excluding carboxylic acids is 2. The summed E-state index contributed by atoms with van der Waals surface area (Å²) in [7, 11) is 0. The molecule has 2 aromatic carbocycles. The van der Waals surface area contributed by atoms with Crippen molar-refractivity contribution in [3.05, 3.63) is 63.5 Å². The zero-order chi connectivity index (χ0) is 25.5. The molecular formula is C24H17Cl2N5O5S. The van der Waals surface area contributed by atoms with Crippen molar-refractivity contribution in [2.45, 2.75) is 18.8 Å².